The average Bonchev–Trinajstić information content (AvgIpc) is 2.91. The van der Waals surface area contributed by atoms with E-state index in [-0.39, 0.29) is 25.5 Å². The Kier molecular flexibility index (Phi) is 11.3. The molecular weight excluding hydrogens is 484 g/mol. The molecule has 3 N–H and O–H groups in total. The van der Waals surface area contributed by atoms with Crippen molar-refractivity contribution in [3.8, 4) is 5.75 Å². The van der Waals surface area contributed by atoms with E-state index in [1.807, 2.05) is 91.0 Å². The second-order valence-corrected chi connectivity index (χ2v) is 8.99. The van der Waals surface area contributed by atoms with Gasteiger partial charge in [0.05, 0.1) is 12.5 Å². The van der Waals surface area contributed by atoms with Crippen molar-refractivity contribution in [2.45, 2.75) is 44.3 Å². The van der Waals surface area contributed by atoms with Crippen molar-refractivity contribution in [3.63, 3.8) is 0 Å². The summed E-state index contributed by atoms with van der Waals surface area (Å²) in [6.07, 6.45) is 0.408. The van der Waals surface area contributed by atoms with Crippen molar-refractivity contribution in [3.05, 3.63) is 102 Å². The number of hydrogen-bond acceptors (Lipinski definition) is 6. The maximum atomic E-state index is 13.2. The highest BCUT2D eigenvalue weighted by molar-refractivity contribution is 5.84. The lowest BCUT2D eigenvalue weighted by molar-refractivity contribution is -0.147. The molecule has 0 radical (unpaired) electrons. The molecule has 3 aromatic rings. The number of carboxylic acid groups (broad SMARTS) is 1. The van der Waals surface area contributed by atoms with Crippen LogP contribution in [0.5, 0.6) is 5.75 Å². The van der Waals surface area contributed by atoms with Crippen LogP contribution in [0.4, 0.5) is 0 Å². The zero-order valence-corrected chi connectivity index (χ0v) is 21.4. The fraction of sp³-hybridized carbons (Fsp3) is 0.300. The number of esters is 1. The minimum absolute atomic E-state index is 0.0475. The Morgan fingerprint density at radius 2 is 1.29 bits per heavy atom. The van der Waals surface area contributed by atoms with Crippen LogP contribution in [-0.4, -0.2) is 54.3 Å². The molecule has 0 fully saturated rings. The van der Waals surface area contributed by atoms with Gasteiger partial charge in [0.1, 0.15) is 25.0 Å². The molecule has 0 saturated heterocycles. The Bertz CT molecular complexity index is 1140. The second kappa shape index (κ2) is 15.2. The first-order chi connectivity index (χ1) is 18.4. The van der Waals surface area contributed by atoms with Crippen LogP contribution in [0.25, 0.3) is 0 Å². The van der Waals surface area contributed by atoms with Gasteiger partial charge in [0.15, 0.2) is 0 Å². The van der Waals surface area contributed by atoms with Crippen LogP contribution >= 0.6 is 0 Å². The number of para-hydroxylation sites is 1. The topological polar surface area (TPSA) is 114 Å². The lowest BCUT2D eigenvalue weighted by Crippen LogP contribution is -2.54. The molecule has 8 nitrogen and oxygen atoms in total. The molecule has 38 heavy (non-hydrogen) atoms. The number of amides is 1. The molecule has 0 aliphatic carbocycles. The number of ether oxygens (including phenoxy) is 2. The summed E-state index contributed by atoms with van der Waals surface area (Å²) < 4.78 is 11.1. The lowest BCUT2D eigenvalue weighted by Gasteiger charge is -2.26. The van der Waals surface area contributed by atoms with Crippen molar-refractivity contribution in [2.24, 2.45) is 0 Å². The zero-order valence-electron chi connectivity index (χ0n) is 21.4. The molecule has 0 heterocycles. The van der Waals surface area contributed by atoms with Gasteiger partial charge in [-0.2, -0.15) is 0 Å². The third-order valence-electron chi connectivity index (χ3n) is 5.78. The number of hydrogen-bond donors (Lipinski definition) is 3. The average molecular weight is 519 g/mol. The standard InChI is InChI=1S/C30H34N2O6/c1-22(19-28(33)34)31-29(35)26(20-23-11-5-2-6-12-23)32-27(21-24-13-7-3-8-14-24)30(36)38-18-17-37-25-15-9-4-10-16-25/h2-16,22,26-27,32H,17-21H2,1H3,(H,31,35)(H,33,34)/t22-,26+,27?/m1/s1. The SMILES string of the molecule is C[C@H](CC(=O)O)NC(=O)[C@H](Cc1ccccc1)NC(Cc1ccccc1)C(=O)OCCOc1ccccc1. The second-order valence-electron chi connectivity index (χ2n) is 8.99. The maximum absolute atomic E-state index is 13.2. The first-order valence-corrected chi connectivity index (χ1v) is 12.6. The molecule has 3 rings (SSSR count). The smallest absolute Gasteiger partial charge is 0.323 e. The Morgan fingerprint density at radius 3 is 1.84 bits per heavy atom. The van der Waals surface area contributed by atoms with Gasteiger partial charge >= 0.3 is 11.9 Å². The maximum Gasteiger partial charge on any atom is 0.323 e. The summed E-state index contributed by atoms with van der Waals surface area (Å²) in [6.45, 7) is 1.87. The van der Waals surface area contributed by atoms with Gasteiger partial charge in [-0.15, -0.1) is 0 Å². The predicted molar refractivity (Wildman–Crippen MR) is 144 cm³/mol. The van der Waals surface area contributed by atoms with Gasteiger partial charge < -0.3 is 19.9 Å². The highest BCUT2D eigenvalue weighted by atomic mass is 16.6. The third-order valence-corrected chi connectivity index (χ3v) is 5.78. The van der Waals surface area contributed by atoms with Crippen molar-refractivity contribution in [1.29, 1.82) is 0 Å². The van der Waals surface area contributed by atoms with Crippen LogP contribution in [0.15, 0.2) is 91.0 Å². The Labute approximate surface area is 223 Å². The predicted octanol–water partition coefficient (Wildman–Crippen LogP) is 3.40. The van der Waals surface area contributed by atoms with Gasteiger partial charge in [0.2, 0.25) is 5.91 Å². The monoisotopic (exact) mass is 518 g/mol. The molecule has 0 bridgehead atoms. The van der Waals surface area contributed by atoms with Gasteiger partial charge in [-0.25, -0.2) is 0 Å². The number of aliphatic carboxylic acids is 1. The summed E-state index contributed by atoms with van der Waals surface area (Å²) in [6, 6.07) is 25.9. The van der Waals surface area contributed by atoms with Crippen molar-refractivity contribution in [2.75, 3.05) is 13.2 Å². The van der Waals surface area contributed by atoms with Crippen molar-refractivity contribution < 1.29 is 29.0 Å². The molecule has 3 aromatic carbocycles. The van der Waals surface area contributed by atoms with Crippen molar-refractivity contribution in [1.82, 2.24) is 10.6 Å². The fourth-order valence-corrected chi connectivity index (χ4v) is 3.96. The number of carbonyl (C=O) groups excluding carboxylic acids is 2. The highest BCUT2D eigenvalue weighted by Gasteiger charge is 2.29. The minimum Gasteiger partial charge on any atom is -0.490 e. The third kappa shape index (κ3) is 10.1. The Morgan fingerprint density at radius 1 is 0.763 bits per heavy atom. The summed E-state index contributed by atoms with van der Waals surface area (Å²) in [5.41, 5.74) is 1.80. The van der Waals surface area contributed by atoms with Crippen LogP contribution in [0.2, 0.25) is 0 Å². The van der Waals surface area contributed by atoms with Crippen LogP contribution in [-0.2, 0) is 32.0 Å². The Balaban J connectivity index is 1.72. The quantitative estimate of drug-likeness (QED) is 0.209. The summed E-state index contributed by atoms with van der Waals surface area (Å²) in [7, 11) is 0. The van der Waals surface area contributed by atoms with E-state index in [4.69, 9.17) is 14.6 Å². The Hall–Kier alpha value is -4.17. The minimum atomic E-state index is -1.01. The van der Waals surface area contributed by atoms with E-state index in [9.17, 15) is 14.4 Å². The zero-order chi connectivity index (χ0) is 27.2. The summed E-state index contributed by atoms with van der Waals surface area (Å²) in [5, 5.41) is 15.0. The first kappa shape index (κ1) is 28.4. The molecule has 0 aliphatic heterocycles. The van der Waals surface area contributed by atoms with Crippen LogP contribution in [0.1, 0.15) is 24.5 Å². The number of nitrogens with one attached hydrogen (secondary N) is 2. The van der Waals surface area contributed by atoms with E-state index < -0.39 is 30.1 Å². The van der Waals surface area contributed by atoms with Crippen LogP contribution < -0.4 is 15.4 Å². The van der Waals surface area contributed by atoms with E-state index in [0.29, 0.717) is 18.6 Å². The normalized spacial score (nSPS) is 13.1. The van der Waals surface area contributed by atoms with Crippen molar-refractivity contribution >= 4 is 17.8 Å². The van der Waals surface area contributed by atoms with Gasteiger partial charge in [-0.1, -0.05) is 78.9 Å². The number of carbonyl (C=O) groups is 3. The van der Waals surface area contributed by atoms with E-state index in [1.54, 1.807) is 6.92 Å². The molecule has 0 saturated carbocycles. The summed E-state index contributed by atoms with van der Waals surface area (Å²) in [5.74, 6) is -1.22. The molecule has 1 unspecified atom stereocenters. The number of carboxylic acids is 1. The lowest BCUT2D eigenvalue weighted by atomic mass is 10.0. The molecule has 200 valence electrons. The first-order valence-electron chi connectivity index (χ1n) is 12.6. The van der Waals surface area contributed by atoms with E-state index in [2.05, 4.69) is 10.6 Å². The molecule has 0 aliphatic rings. The molecule has 1 amide bonds. The number of benzene rings is 3. The van der Waals surface area contributed by atoms with Crippen LogP contribution in [0.3, 0.4) is 0 Å². The van der Waals surface area contributed by atoms with E-state index in [0.717, 1.165) is 11.1 Å². The van der Waals surface area contributed by atoms with E-state index in [1.165, 1.54) is 0 Å². The molecule has 0 aromatic heterocycles. The van der Waals surface area contributed by atoms with Gasteiger partial charge in [-0.05, 0) is 43.0 Å². The largest absolute Gasteiger partial charge is 0.490 e. The number of rotatable bonds is 15. The summed E-state index contributed by atoms with van der Waals surface area (Å²) in [4.78, 5) is 37.5. The highest BCUT2D eigenvalue weighted by Crippen LogP contribution is 2.11. The molecule has 3 atom stereocenters. The van der Waals surface area contributed by atoms with Gasteiger partial charge in [0.25, 0.3) is 0 Å². The van der Waals surface area contributed by atoms with Gasteiger partial charge in [-0.3, -0.25) is 19.7 Å². The van der Waals surface area contributed by atoms with Crippen LogP contribution in [0, 0.1) is 0 Å². The molecule has 8 heteroatoms. The van der Waals surface area contributed by atoms with E-state index >= 15 is 0 Å². The molecular formula is C30H34N2O6. The molecule has 0 spiro atoms. The van der Waals surface area contributed by atoms with Gasteiger partial charge in [0, 0.05) is 6.04 Å². The summed E-state index contributed by atoms with van der Waals surface area (Å²) >= 11 is 0. The fourth-order valence-electron chi connectivity index (χ4n) is 3.96.